The van der Waals surface area contributed by atoms with E-state index in [0.717, 1.165) is 6.42 Å². The molecule has 2 atom stereocenters. The van der Waals surface area contributed by atoms with E-state index in [0.29, 0.717) is 50.2 Å². The van der Waals surface area contributed by atoms with Crippen LogP contribution < -0.4 is 20.1 Å². The number of nitrogens with zero attached hydrogens (tertiary/aromatic N) is 2. The first-order valence-electron chi connectivity index (χ1n) is 9.91. The van der Waals surface area contributed by atoms with Crippen LogP contribution in [0, 0.1) is 5.92 Å². The van der Waals surface area contributed by atoms with E-state index in [1.54, 1.807) is 7.11 Å². The summed E-state index contributed by atoms with van der Waals surface area (Å²) in [5.74, 6) is 2.13. The molecule has 1 aliphatic heterocycles. The first kappa shape index (κ1) is 26.6. The molecule has 0 radical (unpaired) electrons. The summed E-state index contributed by atoms with van der Waals surface area (Å²) in [6.45, 7) is 5.68. The summed E-state index contributed by atoms with van der Waals surface area (Å²) in [5, 5.41) is 6.40. The topological polar surface area (TPSA) is 58.1 Å². The van der Waals surface area contributed by atoms with Crippen LogP contribution in [0.25, 0.3) is 0 Å². The van der Waals surface area contributed by atoms with Crippen molar-refractivity contribution in [3.63, 3.8) is 0 Å². The Labute approximate surface area is 193 Å². The van der Waals surface area contributed by atoms with Gasteiger partial charge in [-0.2, -0.15) is 13.2 Å². The summed E-state index contributed by atoms with van der Waals surface area (Å²) in [7, 11) is 1.59. The Hall–Kier alpha value is -1.43. The van der Waals surface area contributed by atoms with E-state index >= 15 is 0 Å². The van der Waals surface area contributed by atoms with Crippen LogP contribution >= 0.6 is 24.0 Å². The molecule has 30 heavy (non-hydrogen) atoms. The fraction of sp³-hybridized carbons (Fsp3) is 0.650. The van der Waals surface area contributed by atoms with E-state index in [9.17, 15) is 13.2 Å². The first-order valence-corrected chi connectivity index (χ1v) is 9.91. The molecular formula is C20H32F3IN4O2. The minimum atomic E-state index is -4.14. The smallest absolute Gasteiger partial charge is 0.401 e. The predicted octanol–water partition coefficient (Wildman–Crippen LogP) is 3.52. The molecule has 1 saturated heterocycles. The normalized spacial score (nSPS) is 18.5. The Morgan fingerprint density at radius 3 is 2.60 bits per heavy atom. The van der Waals surface area contributed by atoms with Gasteiger partial charge in [-0.1, -0.05) is 12.1 Å². The molecule has 1 fully saturated rings. The fourth-order valence-electron chi connectivity index (χ4n) is 3.25. The van der Waals surface area contributed by atoms with Crippen LogP contribution in [0.5, 0.6) is 11.5 Å². The highest BCUT2D eigenvalue weighted by molar-refractivity contribution is 14.0. The van der Waals surface area contributed by atoms with E-state index in [2.05, 4.69) is 15.6 Å². The monoisotopic (exact) mass is 544 g/mol. The van der Waals surface area contributed by atoms with Crippen molar-refractivity contribution in [1.29, 1.82) is 0 Å². The molecule has 0 bridgehead atoms. The molecule has 0 spiro atoms. The number of para-hydroxylation sites is 2. The van der Waals surface area contributed by atoms with Gasteiger partial charge in [-0.05, 0) is 44.9 Å². The lowest BCUT2D eigenvalue weighted by molar-refractivity contribution is -0.143. The number of methoxy groups -OCH3 is 1. The maximum Gasteiger partial charge on any atom is 0.401 e. The van der Waals surface area contributed by atoms with Gasteiger partial charge >= 0.3 is 6.18 Å². The third-order valence-corrected chi connectivity index (χ3v) is 4.58. The number of halogens is 4. The molecule has 2 rings (SSSR count). The van der Waals surface area contributed by atoms with Crippen LogP contribution in [-0.2, 0) is 0 Å². The SMILES string of the molecule is CCNC(=NCC(C)Oc1ccccc1OC)NCC1CCN(CC(F)(F)F)C1.I. The van der Waals surface area contributed by atoms with Crippen molar-refractivity contribution in [2.24, 2.45) is 10.9 Å². The Bertz CT molecular complexity index is 661. The highest BCUT2D eigenvalue weighted by Gasteiger charge is 2.34. The van der Waals surface area contributed by atoms with Crippen molar-refractivity contribution in [3.8, 4) is 11.5 Å². The molecule has 1 heterocycles. The average molecular weight is 544 g/mol. The lowest BCUT2D eigenvalue weighted by Crippen LogP contribution is -2.41. The van der Waals surface area contributed by atoms with Gasteiger partial charge < -0.3 is 20.1 Å². The molecule has 1 aromatic carbocycles. The van der Waals surface area contributed by atoms with Crippen molar-refractivity contribution in [1.82, 2.24) is 15.5 Å². The zero-order valence-corrected chi connectivity index (χ0v) is 20.0. The van der Waals surface area contributed by atoms with E-state index in [4.69, 9.17) is 9.47 Å². The highest BCUT2D eigenvalue weighted by Crippen LogP contribution is 2.26. The predicted molar refractivity (Wildman–Crippen MR) is 123 cm³/mol. The molecule has 0 aromatic heterocycles. The number of hydrogen-bond acceptors (Lipinski definition) is 4. The second-order valence-electron chi connectivity index (χ2n) is 7.18. The molecule has 10 heteroatoms. The van der Waals surface area contributed by atoms with E-state index in [1.165, 1.54) is 4.90 Å². The molecule has 0 saturated carbocycles. The standard InChI is InChI=1S/C20H31F3N4O2.HI/c1-4-24-19(26-12-16-9-10-27(13-16)14-20(21,22)23)25-11-15(2)29-18-8-6-5-7-17(18)28-3;/h5-8,15-16H,4,9-14H2,1-3H3,(H2,24,25,26);1H. The Balaban J connectivity index is 0.00000450. The van der Waals surface area contributed by atoms with Crippen LogP contribution in [0.3, 0.4) is 0 Å². The van der Waals surface area contributed by atoms with Gasteiger partial charge in [0.25, 0.3) is 0 Å². The van der Waals surface area contributed by atoms with Gasteiger partial charge in [0.1, 0.15) is 6.10 Å². The third-order valence-electron chi connectivity index (χ3n) is 4.58. The zero-order chi connectivity index (χ0) is 21.3. The molecule has 0 amide bonds. The van der Waals surface area contributed by atoms with E-state index in [-0.39, 0.29) is 36.0 Å². The van der Waals surface area contributed by atoms with Gasteiger partial charge in [-0.25, -0.2) is 4.99 Å². The summed E-state index contributed by atoms with van der Waals surface area (Å²) >= 11 is 0. The number of hydrogen-bond donors (Lipinski definition) is 2. The third kappa shape index (κ3) is 9.59. The van der Waals surface area contributed by atoms with Crippen LogP contribution in [0.15, 0.2) is 29.3 Å². The van der Waals surface area contributed by atoms with Crippen LogP contribution in [0.4, 0.5) is 13.2 Å². The number of ether oxygens (including phenoxy) is 2. The van der Waals surface area contributed by atoms with Crippen molar-refractivity contribution < 1.29 is 22.6 Å². The molecule has 2 N–H and O–H groups in total. The summed E-state index contributed by atoms with van der Waals surface area (Å²) in [5.41, 5.74) is 0. The summed E-state index contributed by atoms with van der Waals surface area (Å²) in [4.78, 5) is 6.00. The average Bonchev–Trinajstić information content (AvgIpc) is 3.10. The van der Waals surface area contributed by atoms with E-state index < -0.39 is 12.7 Å². The summed E-state index contributed by atoms with van der Waals surface area (Å²) in [6, 6.07) is 7.43. The quantitative estimate of drug-likeness (QED) is 0.283. The first-order chi connectivity index (χ1) is 13.8. The second-order valence-corrected chi connectivity index (χ2v) is 7.18. The van der Waals surface area contributed by atoms with Crippen molar-refractivity contribution in [2.75, 3.05) is 46.4 Å². The zero-order valence-electron chi connectivity index (χ0n) is 17.7. The van der Waals surface area contributed by atoms with Gasteiger partial charge in [0, 0.05) is 19.6 Å². The van der Waals surface area contributed by atoms with E-state index in [1.807, 2.05) is 38.1 Å². The number of likely N-dealkylation sites (tertiary alicyclic amines) is 1. The maximum atomic E-state index is 12.5. The molecular weight excluding hydrogens is 512 g/mol. The second kappa shape index (κ2) is 13.1. The number of nitrogens with one attached hydrogen (secondary N) is 2. The molecule has 0 aliphatic carbocycles. The van der Waals surface area contributed by atoms with Crippen LogP contribution in [0.2, 0.25) is 0 Å². The lowest BCUT2D eigenvalue weighted by Gasteiger charge is -2.19. The number of rotatable bonds is 9. The molecule has 172 valence electrons. The van der Waals surface area contributed by atoms with Gasteiger partial charge in [-0.3, -0.25) is 4.90 Å². The summed E-state index contributed by atoms with van der Waals surface area (Å²) in [6.07, 6.45) is -3.57. The van der Waals surface area contributed by atoms with Gasteiger partial charge in [0.05, 0.1) is 20.2 Å². The van der Waals surface area contributed by atoms with Crippen molar-refractivity contribution in [2.45, 2.75) is 32.5 Å². The van der Waals surface area contributed by atoms with Gasteiger partial charge in [0.15, 0.2) is 17.5 Å². The summed E-state index contributed by atoms with van der Waals surface area (Å²) < 4.78 is 48.8. The van der Waals surface area contributed by atoms with Crippen molar-refractivity contribution >= 4 is 29.9 Å². The molecule has 2 unspecified atom stereocenters. The molecule has 1 aromatic rings. The maximum absolute atomic E-state index is 12.5. The Kier molecular flexibility index (Phi) is 11.6. The number of benzene rings is 1. The Morgan fingerprint density at radius 2 is 1.97 bits per heavy atom. The Morgan fingerprint density at radius 1 is 1.27 bits per heavy atom. The van der Waals surface area contributed by atoms with Crippen molar-refractivity contribution in [3.05, 3.63) is 24.3 Å². The van der Waals surface area contributed by atoms with Gasteiger partial charge in [-0.15, -0.1) is 24.0 Å². The molecule has 6 nitrogen and oxygen atoms in total. The minimum Gasteiger partial charge on any atom is -0.493 e. The van der Waals surface area contributed by atoms with Crippen LogP contribution in [0.1, 0.15) is 20.3 Å². The highest BCUT2D eigenvalue weighted by atomic mass is 127. The lowest BCUT2D eigenvalue weighted by atomic mass is 10.1. The fourth-order valence-corrected chi connectivity index (χ4v) is 3.25. The van der Waals surface area contributed by atoms with Crippen LogP contribution in [-0.4, -0.2) is 69.5 Å². The number of guanidine groups is 1. The number of alkyl halides is 3. The minimum absolute atomic E-state index is 0. The number of aliphatic imine (C=N–C) groups is 1. The molecule has 1 aliphatic rings. The van der Waals surface area contributed by atoms with Gasteiger partial charge in [0.2, 0.25) is 0 Å². The largest absolute Gasteiger partial charge is 0.493 e.